The minimum Gasteiger partial charge on any atom is -0.481 e. The van der Waals surface area contributed by atoms with E-state index in [1.165, 1.54) is 19.3 Å². The highest BCUT2D eigenvalue weighted by atomic mass is 16.5. The SMILES string of the molecule is CC/C=C\C/C=C\C/C=C\C/C=C\C(CCCCCC(=O)O)OC(=O)CCCCCCC. The van der Waals surface area contributed by atoms with E-state index >= 15 is 0 Å². The molecule has 0 fully saturated rings. The fraction of sp³-hybridized carbons (Fsp3) is 0.643. The van der Waals surface area contributed by atoms with Crippen LogP contribution in [0.4, 0.5) is 0 Å². The summed E-state index contributed by atoms with van der Waals surface area (Å²) in [5.74, 6) is -0.880. The van der Waals surface area contributed by atoms with Gasteiger partial charge < -0.3 is 9.84 Å². The maximum Gasteiger partial charge on any atom is 0.306 e. The zero-order chi connectivity index (χ0) is 23.7. The fourth-order valence-corrected chi connectivity index (χ4v) is 3.21. The minimum absolute atomic E-state index is 0.125. The second kappa shape index (κ2) is 23.6. The molecule has 0 radical (unpaired) electrons. The van der Waals surface area contributed by atoms with Crippen LogP contribution in [-0.4, -0.2) is 23.1 Å². The van der Waals surface area contributed by atoms with E-state index in [4.69, 9.17) is 9.84 Å². The van der Waals surface area contributed by atoms with Crippen LogP contribution in [0.15, 0.2) is 48.6 Å². The van der Waals surface area contributed by atoms with Gasteiger partial charge in [0.25, 0.3) is 0 Å². The number of hydrogen-bond donors (Lipinski definition) is 1. The molecule has 0 spiro atoms. The van der Waals surface area contributed by atoms with E-state index < -0.39 is 5.97 Å². The molecule has 0 aromatic rings. The second-order valence-electron chi connectivity index (χ2n) is 8.14. The highest BCUT2D eigenvalue weighted by molar-refractivity contribution is 5.69. The average Bonchev–Trinajstić information content (AvgIpc) is 2.76. The molecule has 0 bridgehead atoms. The summed E-state index contributed by atoms with van der Waals surface area (Å²) in [6.07, 6.45) is 29.9. The molecule has 32 heavy (non-hydrogen) atoms. The number of esters is 1. The zero-order valence-electron chi connectivity index (χ0n) is 20.5. The number of rotatable bonds is 21. The number of hydrogen-bond acceptors (Lipinski definition) is 3. The number of carbonyl (C=O) groups is 2. The van der Waals surface area contributed by atoms with Gasteiger partial charge in [0.2, 0.25) is 0 Å². The molecule has 0 aromatic carbocycles. The largest absolute Gasteiger partial charge is 0.481 e. The first-order chi connectivity index (χ1) is 15.6. The van der Waals surface area contributed by atoms with Crippen molar-refractivity contribution < 1.29 is 19.4 Å². The molecule has 1 atom stereocenters. The number of allylic oxidation sites excluding steroid dienone is 7. The van der Waals surface area contributed by atoms with E-state index in [2.05, 4.69) is 56.4 Å². The van der Waals surface area contributed by atoms with Crippen LogP contribution >= 0.6 is 0 Å². The molecular formula is C28H46O4. The van der Waals surface area contributed by atoms with Crippen LogP contribution in [0.5, 0.6) is 0 Å². The van der Waals surface area contributed by atoms with Crippen LogP contribution in [0.2, 0.25) is 0 Å². The van der Waals surface area contributed by atoms with Gasteiger partial charge in [-0.15, -0.1) is 0 Å². The van der Waals surface area contributed by atoms with Crippen molar-refractivity contribution >= 4 is 11.9 Å². The number of aliphatic carboxylic acids is 1. The Morgan fingerprint density at radius 2 is 1.28 bits per heavy atom. The molecule has 4 nitrogen and oxygen atoms in total. The quantitative estimate of drug-likeness (QED) is 0.110. The van der Waals surface area contributed by atoms with Crippen molar-refractivity contribution in [1.82, 2.24) is 0 Å². The van der Waals surface area contributed by atoms with Crippen LogP contribution in [0.1, 0.15) is 110 Å². The van der Waals surface area contributed by atoms with Gasteiger partial charge in [0.1, 0.15) is 6.10 Å². The Kier molecular flexibility index (Phi) is 22.0. The molecule has 0 amide bonds. The fourth-order valence-electron chi connectivity index (χ4n) is 3.21. The summed E-state index contributed by atoms with van der Waals surface area (Å²) in [5.41, 5.74) is 0. The third kappa shape index (κ3) is 22.6. The normalized spacial score (nSPS) is 13.1. The Hall–Kier alpha value is -2.10. The molecule has 1 unspecified atom stereocenters. The van der Waals surface area contributed by atoms with Crippen molar-refractivity contribution in [2.45, 2.75) is 116 Å². The number of unbranched alkanes of at least 4 members (excludes halogenated alkanes) is 6. The second-order valence-corrected chi connectivity index (χ2v) is 8.14. The van der Waals surface area contributed by atoms with E-state index in [1.54, 1.807) is 0 Å². The third-order valence-corrected chi connectivity index (χ3v) is 5.05. The van der Waals surface area contributed by atoms with Crippen LogP contribution in [0, 0.1) is 0 Å². The molecular weight excluding hydrogens is 400 g/mol. The molecule has 0 saturated carbocycles. The highest BCUT2D eigenvalue weighted by Gasteiger charge is 2.11. The van der Waals surface area contributed by atoms with Gasteiger partial charge in [0, 0.05) is 12.8 Å². The molecule has 0 rings (SSSR count). The van der Waals surface area contributed by atoms with Gasteiger partial charge in [-0.1, -0.05) is 88.5 Å². The standard InChI is InChI=1S/C28H46O4/c1-3-5-7-9-10-11-12-13-14-16-18-22-26(23-19-17-20-24-27(29)30)32-28(31)25-21-15-8-6-4-2/h5,7,10-11,13-14,18,22,26H,3-4,6,8-9,12,15-17,19-21,23-25H2,1-2H3,(H,29,30)/b7-5-,11-10-,14-13-,22-18-. The van der Waals surface area contributed by atoms with Crippen LogP contribution < -0.4 is 0 Å². The van der Waals surface area contributed by atoms with E-state index in [0.717, 1.165) is 57.8 Å². The Labute approximate surface area is 196 Å². The summed E-state index contributed by atoms with van der Waals surface area (Å²) in [4.78, 5) is 22.8. The van der Waals surface area contributed by atoms with E-state index in [1.807, 2.05) is 6.08 Å². The Morgan fingerprint density at radius 3 is 1.91 bits per heavy atom. The first-order valence-corrected chi connectivity index (χ1v) is 12.6. The predicted octanol–water partition coefficient (Wildman–Crippen LogP) is 8.10. The summed E-state index contributed by atoms with van der Waals surface area (Å²) in [6.45, 7) is 4.32. The zero-order valence-corrected chi connectivity index (χ0v) is 20.5. The molecule has 0 saturated heterocycles. The van der Waals surface area contributed by atoms with Gasteiger partial charge >= 0.3 is 11.9 Å². The lowest BCUT2D eigenvalue weighted by Gasteiger charge is -2.14. The van der Waals surface area contributed by atoms with Crippen molar-refractivity contribution in [1.29, 1.82) is 0 Å². The van der Waals surface area contributed by atoms with Crippen molar-refractivity contribution in [2.24, 2.45) is 0 Å². The molecule has 1 N–H and O–H groups in total. The van der Waals surface area contributed by atoms with Gasteiger partial charge in [-0.05, 0) is 57.4 Å². The molecule has 4 heteroatoms. The Bertz CT molecular complexity index is 572. The number of carboxylic acids is 1. The summed E-state index contributed by atoms with van der Waals surface area (Å²) in [6, 6.07) is 0. The summed E-state index contributed by atoms with van der Waals surface area (Å²) in [7, 11) is 0. The molecule has 182 valence electrons. The number of carboxylic acid groups (broad SMARTS) is 1. The van der Waals surface area contributed by atoms with E-state index in [0.29, 0.717) is 12.8 Å². The van der Waals surface area contributed by atoms with Gasteiger partial charge in [-0.3, -0.25) is 9.59 Å². The lowest BCUT2D eigenvalue weighted by Crippen LogP contribution is -2.16. The van der Waals surface area contributed by atoms with E-state index in [9.17, 15) is 9.59 Å². The summed E-state index contributed by atoms with van der Waals surface area (Å²) in [5, 5.41) is 8.75. The smallest absolute Gasteiger partial charge is 0.306 e. The number of ether oxygens (including phenoxy) is 1. The molecule has 0 aliphatic heterocycles. The number of carbonyl (C=O) groups excluding carboxylic acids is 1. The van der Waals surface area contributed by atoms with Gasteiger partial charge in [0.05, 0.1) is 0 Å². The molecule has 0 aliphatic rings. The maximum absolute atomic E-state index is 12.2. The van der Waals surface area contributed by atoms with Crippen molar-refractivity contribution in [3.05, 3.63) is 48.6 Å². The Morgan fingerprint density at radius 1 is 0.719 bits per heavy atom. The first kappa shape index (κ1) is 29.9. The lowest BCUT2D eigenvalue weighted by atomic mass is 10.1. The lowest BCUT2D eigenvalue weighted by molar-refractivity contribution is -0.147. The first-order valence-electron chi connectivity index (χ1n) is 12.6. The molecule has 0 aliphatic carbocycles. The average molecular weight is 447 g/mol. The topological polar surface area (TPSA) is 63.6 Å². The van der Waals surface area contributed by atoms with Crippen LogP contribution in [0.25, 0.3) is 0 Å². The van der Waals surface area contributed by atoms with Crippen molar-refractivity contribution in [3.63, 3.8) is 0 Å². The van der Waals surface area contributed by atoms with Gasteiger partial charge in [-0.2, -0.15) is 0 Å². The predicted molar refractivity (Wildman–Crippen MR) is 135 cm³/mol. The molecule has 0 aromatic heterocycles. The highest BCUT2D eigenvalue weighted by Crippen LogP contribution is 2.13. The van der Waals surface area contributed by atoms with Gasteiger partial charge in [-0.25, -0.2) is 0 Å². The summed E-state index contributed by atoms with van der Waals surface area (Å²) >= 11 is 0. The third-order valence-electron chi connectivity index (χ3n) is 5.05. The van der Waals surface area contributed by atoms with Crippen LogP contribution in [0.3, 0.4) is 0 Å². The van der Waals surface area contributed by atoms with Crippen molar-refractivity contribution in [2.75, 3.05) is 0 Å². The van der Waals surface area contributed by atoms with E-state index in [-0.39, 0.29) is 18.5 Å². The molecule has 0 heterocycles. The Balaban J connectivity index is 4.33. The summed E-state index contributed by atoms with van der Waals surface area (Å²) < 4.78 is 5.69. The minimum atomic E-state index is -0.755. The van der Waals surface area contributed by atoms with Crippen molar-refractivity contribution in [3.8, 4) is 0 Å². The monoisotopic (exact) mass is 446 g/mol. The van der Waals surface area contributed by atoms with Gasteiger partial charge in [0.15, 0.2) is 0 Å². The van der Waals surface area contributed by atoms with Crippen LogP contribution in [-0.2, 0) is 14.3 Å². The maximum atomic E-state index is 12.2.